The summed E-state index contributed by atoms with van der Waals surface area (Å²) in [7, 11) is 3.74. The van der Waals surface area contributed by atoms with Crippen molar-refractivity contribution in [1.82, 2.24) is 15.1 Å². The van der Waals surface area contributed by atoms with Crippen LogP contribution in [0.4, 0.5) is 0 Å². The fourth-order valence-corrected chi connectivity index (χ4v) is 3.35. The molecule has 0 unspecified atom stereocenters. The molecule has 4 nitrogen and oxygen atoms in total. The average molecular weight is 307 g/mol. The van der Waals surface area contributed by atoms with E-state index in [0.717, 1.165) is 38.3 Å². The number of amides is 1. The first-order chi connectivity index (χ1) is 10.2. The van der Waals surface area contributed by atoms with E-state index in [-0.39, 0.29) is 5.91 Å². The molecule has 0 bridgehead atoms. The minimum Gasteiger partial charge on any atom is -0.340 e. The lowest BCUT2D eigenvalue weighted by Gasteiger charge is -2.26. The van der Waals surface area contributed by atoms with Crippen LogP contribution in [-0.4, -0.2) is 67.5 Å². The van der Waals surface area contributed by atoms with Gasteiger partial charge in [-0.1, -0.05) is 12.1 Å². The van der Waals surface area contributed by atoms with Gasteiger partial charge in [0.15, 0.2) is 0 Å². The lowest BCUT2D eigenvalue weighted by molar-refractivity contribution is 0.0797. The molecule has 0 atom stereocenters. The maximum absolute atomic E-state index is 12.2. The van der Waals surface area contributed by atoms with Crippen molar-refractivity contribution in [3.8, 4) is 0 Å². The second-order valence-corrected chi connectivity index (χ2v) is 6.64. The van der Waals surface area contributed by atoms with E-state index in [1.807, 2.05) is 38.0 Å². The Hall–Kier alpha value is -1.04. The summed E-state index contributed by atoms with van der Waals surface area (Å²) in [5.74, 6) is 2.55. The molecule has 0 saturated carbocycles. The Morgan fingerprint density at radius 3 is 2.57 bits per heavy atom. The zero-order valence-electron chi connectivity index (χ0n) is 13.0. The van der Waals surface area contributed by atoms with E-state index < -0.39 is 0 Å². The van der Waals surface area contributed by atoms with Crippen molar-refractivity contribution in [2.45, 2.75) is 6.54 Å². The Bertz CT molecular complexity index is 443. The van der Waals surface area contributed by atoms with Gasteiger partial charge in [0.1, 0.15) is 0 Å². The van der Waals surface area contributed by atoms with E-state index >= 15 is 0 Å². The van der Waals surface area contributed by atoms with Crippen LogP contribution in [-0.2, 0) is 6.54 Å². The first-order valence-electron chi connectivity index (χ1n) is 7.50. The van der Waals surface area contributed by atoms with E-state index in [9.17, 15) is 4.79 Å². The molecule has 1 N–H and O–H groups in total. The van der Waals surface area contributed by atoms with Gasteiger partial charge in [0.05, 0.1) is 0 Å². The smallest absolute Gasteiger partial charge is 0.253 e. The highest BCUT2D eigenvalue weighted by molar-refractivity contribution is 7.99. The second-order valence-electron chi connectivity index (χ2n) is 5.42. The topological polar surface area (TPSA) is 35.6 Å². The third-order valence-corrected chi connectivity index (χ3v) is 4.70. The third-order valence-electron chi connectivity index (χ3n) is 3.75. The van der Waals surface area contributed by atoms with E-state index in [1.54, 1.807) is 4.90 Å². The molecule has 0 radical (unpaired) electrons. The molecule has 1 aromatic carbocycles. The summed E-state index contributed by atoms with van der Waals surface area (Å²) in [5, 5.41) is 3.06. The lowest BCUT2D eigenvalue weighted by atomic mass is 10.1. The second kappa shape index (κ2) is 8.41. The number of carbonyl (C=O) groups is 1. The number of likely N-dealkylation sites (N-methyl/N-ethyl adjacent to an activating group) is 2. The normalized spacial score (nSPS) is 15.9. The van der Waals surface area contributed by atoms with Gasteiger partial charge in [-0.3, -0.25) is 9.69 Å². The number of hydrogen-bond donors (Lipinski definition) is 1. The quantitative estimate of drug-likeness (QED) is 0.864. The van der Waals surface area contributed by atoms with Crippen molar-refractivity contribution < 1.29 is 4.79 Å². The van der Waals surface area contributed by atoms with Crippen LogP contribution < -0.4 is 5.32 Å². The molecule has 1 saturated heterocycles. The van der Waals surface area contributed by atoms with Gasteiger partial charge in [-0.25, -0.2) is 0 Å². The Labute approximate surface area is 131 Å². The minimum atomic E-state index is 0.0890. The Kier molecular flexibility index (Phi) is 6.54. The fourth-order valence-electron chi connectivity index (χ4n) is 2.37. The van der Waals surface area contributed by atoms with Gasteiger partial charge < -0.3 is 10.2 Å². The monoisotopic (exact) mass is 307 g/mol. The molecule has 1 aliphatic rings. The van der Waals surface area contributed by atoms with Crippen LogP contribution in [0.1, 0.15) is 15.9 Å². The Morgan fingerprint density at radius 1 is 1.29 bits per heavy atom. The summed E-state index contributed by atoms with van der Waals surface area (Å²) in [5.41, 5.74) is 2.06. The van der Waals surface area contributed by atoms with E-state index in [4.69, 9.17) is 0 Å². The number of benzene rings is 1. The molecule has 5 heteroatoms. The molecule has 1 heterocycles. The van der Waals surface area contributed by atoms with Crippen molar-refractivity contribution in [1.29, 1.82) is 0 Å². The van der Waals surface area contributed by atoms with Crippen LogP contribution in [0, 0.1) is 0 Å². The minimum absolute atomic E-state index is 0.0890. The number of hydrogen-bond acceptors (Lipinski definition) is 4. The van der Waals surface area contributed by atoms with Gasteiger partial charge in [0.25, 0.3) is 5.91 Å². The van der Waals surface area contributed by atoms with Gasteiger partial charge in [-0.15, -0.1) is 0 Å². The molecule has 0 aromatic heterocycles. The Morgan fingerprint density at radius 2 is 1.95 bits per heavy atom. The van der Waals surface area contributed by atoms with Crippen LogP contribution in [0.25, 0.3) is 0 Å². The van der Waals surface area contributed by atoms with Crippen molar-refractivity contribution in [3.63, 3.8) is 0 Å². The first-order valence-corrected chi connectivity index (χ1v) is 8.65. The number of carbonyl (C=O) groups excluding carboxylic acids is 1. The van der Waals surface area contributed by atoms with E-state index in [0.29, 0.717) is 0 Å². The predicted octanol–water partition coefficient (Wildman–Crippen LogP) is 1.53. The molecule has 2 rings (SSSR count). The standard InChI is InChI=1S/C16H25N3OS/c1-17-7-8-18(2)16(20)15-5-3-14(4-6-15)13-19-9-11-21-12-10-19/h3-6,17H,7-13H2,1-2H3. The number of thioether (sulfide) groups is 1. The van der Waals surface area contributed by atoms with E-state index in [2.05, 4.69) is 22.3 Å². The molecular formula is C16H25N3OS. The maximum atomic E-state index is 12.2. The zero-order valence-corrected chi connectivity index (χ0v) is 13.8. The zero-order chi connectivity index (χ0) is 15.1. The average Bonchev–Trinajstić information content (AvgIpc) is 2.53. The Balaban J connectivity index is 1.90. The number of nitrogens with one attached hydrogen (secondary N) is 1. The SMILES string of the molecule is CNCCN(C)C(=O)c1ccc(CN2CCSCC2)cc1. The van der Waals surface area contributed by atoms with Gasteiger partial charge in [0.2, 0.25) is 0 Å². The summed E-state index contributed by atoms with van der Waals surface area (Å²) in [4.78, 5) is 16.5. The summed E-state index contributed by atoms with van der Waals surface area (Å²) in [6, 6.07) is 8.07. The van der Waals surface area contributed by atoms with E-state index in [1.165, 1.54) is 17.1 Å². The van der Waals surface area contributed by atoms with Gasteiger partial charge in [-0.05, 0) is 24.7 Å². The number of rotatable bonds is 6. The largest absolute Gasteiger partial charge is 0.340 e. The van der Waals surface area contributed by atoms with Crippen LogP contribution in [0.3, 0.4) is 0 Å². The molecule has 21 heavy (non-hydrogen) atoms. The van der Waals surface area contributed by atoms with Crippen molar-refractivity contribution in [3.05, 3.63) is 35.4 Å². The van der Waals surface area contributed by atoms with Crippen LogP contribution in [0.5, 0.6) is 0 Å². The number of nitrogens with zero attached hydrogens (tertiary/aromatic N) is 2. The van der Waals surface area contributed by atoms with Crippen molar-refractivity contribution >= 4 is 17.7 Å². The molecule has 1 aliphatic heterocycles. The van der Waals surface area contributed by atoms with Crippen LogP contribution in [0.15, 0.2) is 24.3 Å². The molecule has 1 fully saturated rings. The van der Waals surface area contributed by atoms with Gasteiger partial charge in [-0.2, -0.15) is 11.8 Å². The fraction of sp³-hybridized carbons (Fsp3) is 0.562. The molecule has 116 valence electrons. The highest BCUT2D eigenvalue weighted by Crippen LogP contribution is 2.14. The molecule has 1 aromatic rings. The molecule has 0 spiro atoms. The first kappa shape index (κ1) is 16.3. The molecular weight excluding hydrogens is 282 g/mol. The summed E-state index contributed by atoms with van der Waals surface area (Å²) >= 11 is 2.03. The van der Waals surface area contributed by atoms with Crippen molar-refractivity contribution in [2.24, 2.45) is 0 Å². The van der Waals surface area contributed by atoms with Gasteiger partial charge >= 0.3 is 0 Å². The van der Waals surface area contributed by atoms with Crippen molar-refractivity contribution in [2.75, 3.05) is 51.8 Å². The summed E-state index contributed by atoms with van der Waals surface area (Å²) < 4.78 is 0. The highest BCUT2D eigenvalue weighted by Gasteiger charge is 2.13. The third kappa shape index (κ3) is 5.02. The molecule has 1 amide bonds. The maximum Gasteiger partial charge on any atom is 0.253 e. The summed E-state index contributed by atoms with van der Waals surface area (Å²) in [6.07, 6.45) is 0. The highest BCUT2D eigenvalue weighted by atomic mass is 32.2. The summed E-state index contributed by atoms with van der Waals surface area (Å²) in [6.45, 7) is 4.86. The van der Waals surface area contributed by atoms with Crippen LogP contribution in [0.2, 0.25) is 0 Å². The van der Waals surface area contributed by atoms with Gasteiger partial charge in [0, 0.05) is 56.8 Å². The predicted molar refractivity (Wildman–Crippen MR) is 89.9 cm³/mol. The lowest BCUT2D eigenvalue weighted by Crippen LogP contribution is -2.33. The van der Waals surface area contributed by atoms with Crippen LogP contribution >= 0.6 is 11.8 Å². The molecule has 0 aliphatic carbocycles.